The van der Waals surface area contributed by atoms with Crippen LogP contribution in [0.25, 0.3) is 10.9 Å². The van der Waals surface area contributed by atoms with Crippen LogP contribution in [-0.2, 0) is 0 Å². The second-order valence-electron chi connectivity index (χ2n) is 5.55. The third-order valence-corrected chi connectivity index (χ3v) is 3.98. The van der Waals surface area contributed by atoms with E-state index >= 15 is 0 Å². The fraction of sp³-hybridized carbons (Fsp3) is 0.111. The van der Waals surface area contributed by atoms with Crippen molar-refractivity contribution in [1.29, 1.82) is 0 Å². The van der Waals surface area contributed by atoms with E-state index in [0.717, 1.165) is 0 Å². The summed E-state index contributed by atoms with van der Waals surface area (Å²) in [5, 5.41) is 20.5. The van der Waals surface area contributed by atoms with Crippen LogP contribution < -0.4 is 4.74 Å². The number of rotatable bonds is 5. The molecule has 0 spiro atoms. The molecule has 1 heterocycles. The Morgan fingerprint density at radius 2 is 1.81 bits per heavy atom. The maximum absolute atomic E-state index is 12.6. The maximum Gasteiger partial charge on any atom is 0.338 e. The zero-order valence-corrected chi connectivity index (χ0v) is 13.7. The second-order valence-corrected chi connectivity index (χ2v) is 5.55. The van der Waals surface area contributed by atoms with Gasteiger partial charge in [-0.3, -0.25) is 19.5 Å². The van der Waals surface area contributed by atoms with Crippen molar-refractivity contribution in [2.45, 2.75) is 6.92 Å². The van der Waals surface area contributed by atoms with Crippen LogP contribution in [0, 0.1) is 17.0 Å². The predicted molar refractivity (Wildman–Crippen MR) is 92.9 cm³/mol. The van der Waals surface area contributed by atoms with Crippen LogP contribution in [-0.4, -0.2) is 33.1 Å². The van der Waals surface area contributed by atoms with E-state index in [1.165, 1.54) is 28.8 Å². The highest BCUT2D eigenvalue weighted by atomic mass is 16.6. The summed E-state index contributed by atoms with van der Waals surface area (Å²) >= 11 is 0. The lowest BCUT2D eigenvalue weighted by Gasteiger charge is -2.09. The third-order valence-electron chi connectivity index (χ3n) is 3.98. The summed E-state index contributed by atoms with van der Waals surface area (Å²) in [6, 6.07) is 12.1. The molecule has 0 aliphatic rings. The standard InChI is InChI=1S/C18H14N2O6/c1-11-17(18(22)23)14-4-2-3-5-15(14)19(11)16(21)10-26-13-8-6-12(7-9-13)20(24)25/h2-9H,10H2,1H3,(H,22,23). The predicted octanol–water partition coefficient (Wildman–Crippen LogP) is 3.28. The molecule has 0 radical (unpaired) electrons. The molecule has 1 aromatic heterocycles. The van der Waals surface area contributed by atoms with E-state index in [2.05, 4.69) is 0 Å². The molecule has 0 aliphatic carbocycles. The summed E-state index contributed by atoms with van der Waals surface area (Å²) in [6.07, 6.45) is 0. The number of carboxylic acids is 1. The Labute approximate surface area is 147 Å². The first-order chi connectivity index (χ1) is 12.4. The second kappa shape index (κ2) is 6.67. The number of para-hydroxylation sites is 1. The van der Waals surface area contributed by atoms with E-state index in [9.17, 15) is 24.8 Å². The number of aromatic carboxylic acids is 1. The number of nitrogens with zero attached hydrogens (tertiary/aromatic N) is 2. The Kier molecular flexibility index (Phi) is 4.40. The fourth-order valence-electron chi connectivity index (χ4n) is 2.83. The molecule has 0 bridgehead atoms. The van der Waals surface area contributed by atoms with Crippen molar-refractivity contribution in [3.05, 3.63) is 69.9 Å². The Morgan fingerprint density at radius 3 is 2.42 bits per heavy atom. The quantitative estimate of drug-likeness (QED) is 0.556. The van der Waals surface area contributed by atoms with Gasteiger partial charge in [0.15, 0.2) is 6.61 Å². The van der Waals surface area contributed by atoms with Gasteiger partial charge in [0.05, 0.1) is 16.0 Å². The molecule has 3 aromatic rings. The zero-order chi connectivity index (χ0) is 18.8. The number of ether oxygens (including phenoxy) is 1. The first-order valence-corrected chi connectivity index (χ1v) is 7.64. The minimum absolute atomic E-state index is 0.0734. The summed E-state index contributed by atoms with van der Waals surface area (Å²) in [5.74, 6) is -1.25. The first-order valence-electron chi connectivity index (χ1n) is 7.64. The topological polar surface area (TPSA) is 112 Å². The number of fused-ring (bicyclic) bond motifs is 1. The molecule has 0 amide bonds. The van der Waals surface area contributed by atoms with E-state index in [1.807, 2.05) is 0 Å². The Hall–Kier alpha value is -3.68. The highest BCUT2D eigenvalue weighted by Gasteiger charge is 2.22. The molecule has 3 rings (SSSR count). The van der Waals surface area contributed by atoms with Crippen LogP contribution in [0.5, 0.6) is 5.75 Å². The van der Waals surface area contributed by atoms with Crippen LogP contribution in [0.2, 0.25) is 0 Å². The summed E-state index contributed by atoms with van der Waals surface area (Å²) in [6.45, 7) is 1.23. The number of aromatic nitrogens is 1. The first kappa shape index (κ1) is 17.2. The van der Waals surface area contributed by atoms with Crippen molar-refractivity contribution < 1.29 is 24.4 Å². The number of benzene rings is 2. The third kappa shape index (κ3) is 3.00. The average Bonchev–Trinajstić information content (AvgIpc) is 2.92. The van der Waals surface area contributed by atoms with Crippen molar-refractivity contribution in [2.75, 3.05) is 6.61 Å². The Morgan fingerprint density at radius 1 is 1.15 bits per heavy atom. The van der Waals surface area contributed by atoms with E-state index in [-0.39, 0.29) is 17.9 Å². The minimum Gasteiger partial charge on any atom is -0.484 e. The van der Waals surface area contributed by atoms with Gasteiger partial charge in [-0.1, -0.05) is 18.2 Å². The molecule has 26 heavy (non-hydrogen) atoms. The molecule has 0 atom stereocenters. The minimum atomic E-state index is -1.11. The van der Waals surface area contributed by atoms with Crippen molar-refractivity contribution in [3.63, 3.8) is 0 Å². The summed E-state index contributed by atoms with van der Waals surface area (Å²) < 4.78 is 6.70. The lowest BCUT2D eigenvalue weighted by molar-refractivity contribution is -0.384. The van der Waals surface area contributed by atoms with Gasteiger partial charge in [-0.25, -0.2) is 4.79 Å². The number of hydrogen-bond acceptors (Lipinski definition) is 5. The van der Waals surface area contributed by atoms with Gasteiger partial charge < -0.3 is 9.84 Å². The number of carbonyl (C=O) groups is 2. The molecule has 1 N–H and O–H groups in total. The molecule has 0 saturated carbocycles. The number of hydrogen-bond donors (Lipinski definition) is 1. The number of non-ortho nitro benzene ring substituents is 1. The molecule has 0 unspecified atom stereocenters. The SMILES string of the molecule is Cc1c(C(=O)O)c2ccccc2n1C(=O)COc1ccc([N+](=O)[O-])cc1. The summed E-state index contributed by atoms with van der Waals surface area (Å²) in [4.78, 5) is 34.2. The maximum atomic E-state index is 12.6. The van der Waals surface area contributed by atoms with Gasteiger partial charge in [-0.05, 0) is 25.1 Å². The lowest BCUT2D eigenvalue weighted by Crippen LogP contribution is -2.20. The monoisotopic (exact) mass is 354 g/mol. The average molecular weight is 354 g/mol. The normalized spacial score (nSPS) is 10.7. The number of carbonyl (C=O) groups excluding carboxylic acids is 1. The van der Waals surface area contributed by atoms with E-state index in [1.54, 1.807) is 31.2 Å². The van der Waals surface area contributed by atoms with Gasteiger partial charge in [-0.2, -0.15) is 0 Å². The van der Waals surface area contributed by atoms with Crippen molar-refractivity contribution in [1.82, 2.24) is 4.57 Å². The molecular weight excluding hydrogens is 340 g/mol. The van der Waals surface area contributed by atoms with Gasteiger partial charge >= 0.3 is 5.97 Å². The molecule has 8 heteroatoms. The fourth-order valence-corrected chi connectivity index (χ4v) is 2.83. The molecule has 2 aromatic carbocycles. The lowest BCUT2D eigenvalue weighted by atomic mass is 10.1. The molecule has 0 aliphatic heterocycles. The van der Waals surface area contributed by atoms with Crippen LogP contribution in [0.15, 0.2) is 48.5 Å². The molecular formula is C18H14N2O6. The van der Waals surface area contributed by atoms with E-state index in [4.69, 9.17) is 4.74 Å². The van der Waals surface area contributed by atoms with Crippen molar-refractivity contribution >= 4 is 28.5 Å². The highest BCUT2D eigenvalue weighted by Crippen LogP contribution is 2.26. The van der Waals surface area contributed by atoms with Crippen LogP contribution in [0.1, 0.15) is 20.8 Å². The molecule has 132 valence electrons. The molecule has 0 saturated heterocycles. The Bertz CT molecular complexity index is 1020. The van der Waals surface area contributed by atoms with Crippen molar-refractivity contribution in [2.24, 2.45) is 0 Å². The number of carboxylic acid groups (broad SMARTS) is 1. The van der Waals surface area contributed by atoms with Gasteiger partial charge in [0, 0.05) is 23.2 Å². The van der Waals surface area contributed by atoms with Crippen molar-refractivity contribution in [3.8, 4) is 5.75 Å². The van der Waals surface area contributed by atoms with Crippen LogP contribution in [0.3, 0.4) is 0 Å². The van der Waals surface area contributed by atoms with Crippen LogP contribution in [0.4, 0.5) is 5.69 Å². The smallest absolute Gasteiger partial charge is 0.338 e. The van der Waals surface area contributed by atoms with E-state index < -0.39 is 16.8 Å². The van der Waals surface area contributed by atoms with Gasteiger partial charge in [0.25, 0.3) is 11.6 Å². The molecule has 8 nitrogen and oxygen atoms in total. The Balaban J connectivity index is 1.87. The largest absolute Gasteiger partial charge is 0.484 e. The highest BCUT2D eigenvalue weighted by molar-refractivity contribution is 6.08. The zero-order valence-electron chi connectivity index (χ0n) is 13.7. The van der Waals surface area contributed by atoms with E-state index in [0.29, 0.717) is 22.3 Å². The van der Waals surface area contributed by atoms with Gasteiger partial charge in [0.2, 0.25) is 0 Å². The summed E-state index contributed by atoms with van der Waals surface area (Å²) in [7, 11) is 0. The molecule has 0 fully saturated rings. The van der Waals surface area contributed by atoms with Gasteiger partial charge in [0.1, 0.15) is 5.75 Å². The summed E-state index contributed by atoms with van der Waals surface area (Å²) in [5.41, 5.74) is 0.794. The van der Waals surface area contributed by atoms with Crippen LogP contribution >= 0.6 is 0 Å². The number of nitro benzene ring substituents is 1. The van der Waals surface area contributed by atoms with Gasteiger partial charge in [-0.15, -0.1) is 0 Å². The number of nitro groups is 1.